The lowest BCUT2D eigenvalue weighted by atomic mass is 9.53. The van der Waals surface area contributed by atoms with Gasteiger partial charge in [-0.2, -0.15) is 0 Å². The van der Waals surface area contributed by atoms with Crippen molar-refractivity contribution in [3.05, 3.63) is 0 Å². The third kappa shape index (κ3) is 1.66. The Hall–Kier alpha value is -0.0301. The van der Waals surface area contributed by atoms with Crippen molar-refractivity contribution in [2.24, 2.45) is 0 Å². The summed E-state index contributed by atoms with van der Waals surface area (Å²) in [5.41, 5.74) is 0.162. The van der Waals surface area contributed by atoms with Crippen LogP contribution >= 0.6 is 0 Å². The van der Waals surface area contributed by atoms with Gasteiger partial charge in [0.25, 0.3) is 0 Å². The maximum Gasteiger partial charge on any atom is 0.457 e. The molecule has 0 spiro atoms. The first-order valence-electron chi connectivity index (χ1n) is 4.34. The molecule has 2 heterocycles. The van der Waals surface area contributed by atoms with Crippen molar-refractivity contribution in [1.29, 1.82) is 0 Å². The second kappa shape index (κ2) is 3.79. The quantitative estimate of drug-likeness (QED) is 0.545. The summed E-state index contributed by atoms with van der Waals surface area (Å²) in [5, 5.41) is 0. The topological polar surface area (TPSA) is 36.9 Å². The smallest absolute Gasteiger partial charge is 0.409 e. The predicted molar refractivity (Wildman–Crippen MR) is 44.7 cm³/mol. The number of hydrogen-bond donors (Lipinski definition) is 0. The van der Waals surface area contributed by atoms with Gasteiger partial charge < -0.3 is 18.6 Å². The van der Waals surface area contributed by atoms with Crippen molar-refractivity contribution in [2.75, 3.05) is 26.4 Å². The fraction of sp³-hybridized carbons (Fsp3) is 1.00. The Labute approximate surface area is 72.8 Å². The summed E-state index contributed by atoms with van der Waals surface area (Å²) >= 11 is 0. The third-order valence-corrected chi connectivity index (χ3v) is 2.15. The molecule has 0 radical (unpaired) electrons. The summed E-state index contributed by atoms with van der Waals surface area (Å²) < 4.78 is 21.4. The molecule has 0 unspecified atom stereocenters. The maximum atomic E-state index is 5.34. The van der Waals surface area contributed by atoms with E-state index in [9.17, 15) is 0 Å². The van der Waals surface area contributed by atoms with E-state index >= 15 is 0 Å². The van der Waals surface area contributed by atoms with Gasteiger partial charge in [-0.05, 0) is 0 Å². The van der Waals surface area contributed by atoms with E-state index < -0.39 is 0 Å². The maximum absolute atomic E-state index is 5.34. The first-order chi connectivity index (χ1) is 5.88. The highest BCUT2D eigenvalue weighted by Gasteiger charge is 2.42. The second-order valence-electron chi connectivity index (χ2n) is 3.08. The van der Waals surface area contributed by atoms with E-state index in [0.29, 0.717) is 26.4 Å². The minimum Gasteiger partial charge on any atom is -0.409 e. The van der Waals surface area contributed by atoms with E-state index in [0.717, 1.165) is 0 Å². The van der Waals surface area contributed by atoms with E-state index in [1.807, 2.05) is 6.92 Å². The Bertz CT molecular complexity index is 128. The molecule has 4 nitrogen and oxygen atoms in total. The Morgan fingerprint density at radius 2 is 1.17 bits per heavy atom. The molecule has 0 N–H and O–H groups in total. The van der Waals surface area contributed by atoms with E-state index in [4.69, 9.17) is 18.6 Å². The predicted octanol–water partition coefficient (Wildman–Crippen LogP) is -0.0143. The van der Waals surface area contributed by atoms with Crippen molar-refractivity contribution in [3.8, 4) is 0 Å². The van der Waals surface area contributed by atoms with Crippen LogP contribution < -0.4 is 0 Å². The zero-order valence-corrected chi connectivity index (χ0v) is 7.19. The molecule has 2 aliphatic rings. The van der Waals surface area contributed by atoms with E-state index in [1.54, 1.807) is 0 Å². The van der Waals surface area contributed by atoms with Gasteiger partial charge in [-0.3, -0.25) is 0 Å². The molecule has 0 bridgehead atoms. The molecular weight excluding hydrogens is 158 g/mol. The summed E-state index contributed by atoms with van der Waals surface area (Å²) in [6.07, 6.45) is 0. The summed E-state index contributed by atoms with van der Waals surface area (Å²) in [5.74, 6) is 0. The van der Waals surface area contributed by atoms with E-state index in [-0.39, 0.29) is 20.0 Å². The van der Waals surface area contributed by atoms with Crippen LogP contribution in [-0.4, -0.2) is 40.7 Å². The van der Waals surface area contributed by atoms with Crippen LogP contribution in [0.2, 0.25) is 5.72 Å². The molecule has 2 rings (SSSR count). The first-order valence-corrected chi connectivity index (χ1v) is 4.34. The molecule has 0 aromatic heterocycles. The molecule has 0 saturated carbocycles. The van der Waals surface area contributed by atoms with Crippen LogP contribution in [0.4, 0.5) is 0 Å². The highest BCUT2D eigenvalue weighted by atomic mass is 16.7. The van der Waals surface area contributed by atoms with Gasteiger partial charge >= 0.3 is 14.2 Å². The zero-order valence-electron chi connectivity index (χ0n) is 7.19. The average molecular weight is 170 g/mol. The molecule has 0 aliphatic carbocycles. The minimum absolute atomic E-state index is 0.145. The molecule has 2 aliphatic heterocycles. The lowest BCUT2D eigenvalue weighted by Crippen LogP contribution is -2.34. The van der Waals surface area contributed by atoms with E-state index in [2.05, 4.69) is 0 Å². The highest BCUT2D eigenvalue weighted by molar-refractivity contribution is 6.67. The molecular formula is C6H12B2O4. The van der Waals surface area contributed by atoms with Crippen LogP contribution in [0, 0.1) is 0 Å². The fourth-order valence-corrected chi connectivity index (χ4v) is 1.49. The SMILES string of the molecule is CC(B1OCCO1)B1OCCO1. The van der Waals surface area contributed by atoms with E-state index in [1.165, 1.54) is 0 Å². The molecule has 0 aromatic rings. The number of rotatable bonds is 2. The lowest BCUT2D eigenvalue weighted by Gasteiger charge is -2.14. The Balaban J connectivity index is 1.84. The summed E-state index contributed by atoms with van der Waals surface area (Å²) in [6.45, 7) is 4.75. The van der Waals surface area contributed by atoms with Gasteiger partial charge in [0.1, 0.15) is 0 Å². The van der Waals surface area contributed by atoms with Gasteiger partial charge in [-0.25, -0.2) is 0 Å². The molecule has 12 heavy (non-hydrogen) atoms. The fourth-order valence-electron chi connectivity index (χ4n) is 1.49. The summed E-state index contributed by atoms with van der Waals surface area (Å²) in [6, 6.07) is 0. The Morgan fingerprint density at radius 1 is 0.833 bits per heavy atom. The first kappa shape index (κ1) is 8.56. The third-order valence-electron chi connectivity index (χ3n) is 2.15. The molecule has 0 amide bonds. The van der Waals surface area contributed by atoms with Crippen LogP contribution in [0.5, 0.6) is 0 Å². The van der Waals surface area contributed by atoms with Gasteiger partial charge in [0.05, 0.1) is 26.4 Å². The van der Waals surface area contributed by atoms with Crippen molar-refractivity contribution in [3.63, 3.8) is 0 Å². The number of hydrogen-bond acceptors (Lipinski definition) is 4. The average Bonchev–Trinajstić information content (AvgIpc) is 2.77. The standard InChI is InChI=1S/C6H12B2O4/c1-6(7-9-2-3-10-7)8-11-4-5-12-8/h6H,2-5H2,1H3. The Morgan fingerprint density at radius 3 is 1.50 bits per heavy atom. The van der Waals surface area contributed by atoms with Crippen LogP contribution in [0.15, 0.2) is 0 Å². The second-order valence-corrected chi connectivity index (χ2v) is 3.08. The molecule has 0 atom stereocenters. The van der Waals surface area contributed by atoms with Crippen LogP contribution in [0.1, 0.15) is 6.92 Å². The van der Waals surface area contributed by atoms with Crippen LogP contribution in [0.25, 0.3) is 0 Å². The van der Waals surface area contributed by atoms with Gasteiger partial charge in [-0.15, -0.1) is 0 Å². The zero-order chi connectivity index (χ0) is 8.39. The molecule has 66 valence electrons. The lowest BCUT2D eigenvalue weighted by molar-refractivity contribution is 0.336. The Kier molecular flexibility index (Phi) is 2.70. The molecule has 6 heteroatoms. The van der Waals surface area contributed by atoms with Crippen LogP contribution in [0.3, 0.4) is 0 Å². The minimum atomic E-state index is -0.145. The van der Waals surface area contributed by atoms with Crippen molar-refractivity contribution in [1.82, 2.24) is 0 Å². The van der Waals surface area contributed by atoms with Gasteiger partial charge in [0.2, 0.25) is 0 Å². The largest absolute Gasteiger partial charge is 0.457 e. The van der Waals surface area contributed by atoms with Crippen molar-refractivity contribution < 1.29 is 18.6 Å². The van der Waals surface area contributed by atoms with Crippen molar-refractivity contribution in [2.45, 2.75) is 12.6 Å². The monoisotopic (exact) mass is 170 g/mol. The summed E-state index contributed by atoms with van der Waals surface area (Å²) in [7, 11) is -0.291. The van der Waals surface area contributed by atoms with Gasteiger partial charge in [0, 0.05) is 5.72 Å². The molecule has 2 fully saturated rings. The summed E-state index contributed by atoms with van der Waals surface area (Å²) in [4.78, 5) is 0. The van der Waals surface area contributed by atoms with Gasteiger partial charge in [0.15, 0.2) is 0 Å². The molecule has 0 aromatic carbocycles. The molecule has 2 saturated heterocycles. The van der Waals surface area contributed by atoms with Crippen LogP contribution in [-0.2, 0) is 18.6 Å². The normalized spacial score (nSPS) is 24.5. The highest BCUT2D eigenvalue weighted by Crippen LogP contribution is 2.22. The van der Waals surface area contributed by atoms with Gasteiger partial charge in [-0.1, -0.05) is 6.92 Å². The van der Waals surface area contributed by atoms with Crippen molar-refractivity contribution >= 4 is 14.2 Å².